The van der Waals surface area contributed by atoms with Crippen LogP contribution in [0.25, 0.3) is 0 Å². The lowest BCUT2D eigenvalue weighted by Gasteiger charge is -2.62. The Morgan fingerprint density at radius 1 is 1.12 bits per heavy atom. The molecule has 0 radical (unpaired) electrons. The monoisotopic (exact) mass is 352 g/mol. The normalized spacial score (nSPS) is 41.5. The van der Waals surface area contributed by atoms with Crippen LogP contribution in [0.1, 0.15) is 62.5 Å². The average Bonchev–Trinajstić information content (AvgIpc) is 2.60. The van der Waals surface area contributed by atoms with Crippen molar-refractivity contribution in [2.24, 2.45) is 23.0 Å². The van der Waals surface area contributed by atoms with Gasteiger partial charge >= 0.3 is 0 Å². The summed E-state index contributed by atoms with van der Waals surface area (Å²) in [4.78, 5) is 15.8. The van der Waals surface area contributed by atoms with Gasteiger partial charge in [0.25, 0.3) is 0 Å². The highest BCUT2D eigenvalue weighted by Crippen LogP contribution is 2.66. The number of benzene rings is 1. The third kappa shape index (κ3) is 2.54. The van der Waals surface area contributed by atoms with Crippen molar-refractivity contribution in [3.63, 3.8) is 0 Å². The summed E-state index contributed by atoms with van der Waals surface area (Å²) in [5, 5.41) is 0. The number of nitrogens with two attached hydrogens (primary N) is 1. The molecule has 6 rings (SSSR count). The van der Waals surface area contributed by atoms with Gasteiger partial charge in [-0.1, -0.05) is 29.8 Å². The van der Waals surface area contributed by atoms with E-state index in [0.29, 0.717) is 5.91 Å². The summed E-state index contributed by atoms with van der Waals surface area (Å²) < 4.78 is 0. The van der Waals surface area contributed by atoms with Gasteiger partial charge in [-0.2, -0.15) is 0 Å². The van der Waals surface area contributed by atoms with Gasteiger partial charge in [0.2, 0.25) is 5.91 Å². The maximum Gasteiger partial charge on any atom is 0.228 e. The summed E-state index contributed by atoms with van der Waals surface area (Å²) >= 11 is 0. The fourth-order valence-corrected chi connectivity index (χ4v) is 7.29. The number of piperidine rings is 1. The number of carbonyl (C=O) groups is 1. The van der Waals surface area contributed by atoms with Crippen LogP contribution < -0.4 is 5.73 Å². The van der Waals surface area contributed by atoms with Crippen LogP contribution in [0.4, 0.5) is 0 Å². The van der Waals surface area contributed by atoms with Gasteiger partial charge in [0, 0.05) is 19.1 Å². The molecular weight excluding hydrogens is 320 g/mol. The molecule has 0 aromatic heterocycles. The van der Waals surface area contributed by atoms with Crippen LogP contribution in [0.5, 0.6) is 0 Å². The number of hydrogen-bond acceptors (Lipinski definition) is 2. The number of likely N-dealkylation sites (tertiary alicyclic amines) is 1. The molecule has 1 aliphatic heterocycles. The Kier molecular flexibility index (Phi) is 3.76. The highest BCUT2D eigenvalue weighted by molar-refractivity contribution is 5.84. The predicted octanol–water partition coefficient (Wildman–Crippen LogP) is 3.78. The van der Waals surface area contributed by atoms with Crippen molar-refractivity contribution in [2.75, 3.05) is 13.1 Å². The van der Waals surface area contributed by atoms with Crippen molar-refractivity contribution >= 4 is 5.91 Å². The van der Waals surface area contributed by atoms with Crippen molar-refractivity contribution in [2.45, 2.75) is 69.7 Å². The number of nitrogens with zero attached hydrogens (tertiary/aromatic N) is 1. The summed E-state index contributed by atoms with van der Waals surface area (Å²) in [6, 6.07) is 9.38. The second-order valence-corrected chi connectivity index (χ2v) is 10.0. The van der Waals surface area contributed by atoms with Gasteiger partial charge in [0.15, 0.2) is 0 Å². The first kappa shape index (κ1) is 16.8. The first-order valence-corrected chi connectivity index (χ1v) is 10.6. The van der Waals surface area contributed by atoms with E-state index in [4.69, 9.17) is 5.73 Å². The Labute approximate surface area is 157 Å². The molecule has 4 aliphatic carbocycles. The Morgan fingerprint density at radius 3 is 2.46 bits per heavy atom. The Morgan fingerprint density at radius 2 is 1.81 bits per heavy atom. The summed E-state index contributed by atoms with van der Waals surface area (Å²) in [7, 11) is 0. The Balaban J connectivity index is 1.48. The van der Waals surface area contributed by atoms with Crippen molar-refractivity contribution in [1.29, 1.82) is 0 Å². The zero-order valence-electron chi connectivity index (χ0n) is 16.0. The topological polar surface area (TPSA) is 46.3 Å². The van der Waals surface area contributed by atoms with Crippen LogP contribution in [0.3, 0.4) is 0 Å². The first-order valence-electron chi connectivity index (χ1n) is 10.6. The highest BCUT2D eigenvalue weighted by atomic mass is 16.2. The van der Waals surface area contributed by atoms with E-state index in [1.54, 1.807) is 0 Å². The zero-order valence-corrected chi connectivity index (χ0v) is 16.0. The van der Waals surface area contributed by atoms with Crippen molar-refractivity contribution in [1.82, 2.24) is 4.90 Å². The molecule has 5 aliphatic rings. The van der Waals surface area contributed by atoms with E-state index in [0.717, 1.165) is 57.0 Å². The third-order valence-corrected chi connectivity index (χ3v) is 7.92. The molecule has 3 heteroatoms. The summed E-state index contributed by atoms with van der Waals surface area (Å²) in [5.74, 6) is 1.91. The van der Waals surface area contributed by atoms with Crippen molar-refractivity contribution in [3.8, 4) is 0 Å². The van der Waals surface area contributed by atoms with Crippen LogP contribution in [0.15, 0.2) is 24.3 Å². The molecule has 0 spiro atoms. The van der Waals surface area contributed by atoms with Crippen LogP contribution in [-0.4, -0.2) is 29.9 Å². The molecule has 4 saturated carbocycles. The van der Waals surface area contributed by atoms with Gasteiger partial charge in [0.05, 0.1) is 5.41 Å². The molecule has 3 atom stereocenters. The molecule has 3 unspecified atom stereocenters. The third-order valence-electron chi connectivity index (χ3n) is 7.92. The fraction of sp³-hybridized carbons (Fsp3) is 0.696. The molecule has 5 fully saturated rings. The highest BCUT2D eigenvalue weighted by Gasteiger charge is 2.61. The summed E-state index contributed by atoms with van der Waals surface area (Å²) in [6.45, 7) is 3.85. The lowest BCUT2D eigenvalue weighted by Crippen LogP contribution is -2.61. The molecule has 1 aromatic carbocycles. The maximum absolute atomic E-state index is 13.7. The number of aryl methyl sites for hydroxylation is 1. The minimum absolute atomic E-state index is 0.105. The Bertz CT molecular complexity index is 695. The van der Waals surface area contributed by atoms with Crippen LogP contribution in [0, 0.1) is 24.2 Å². The second kappa shape index (κ2) is 5.82. The summed E-state index contributed by atoms with van der Waals surface area (Å²) in [6.07, 6.45) is 9.39. The first-order chi connectivity index (χ1) is 12.5. The van der Waals surface area contributed by atoms with Gasteiger partial charge in [-0.05, 0) is 81.1 Å². The van der Waals surface area contributed by atoms with E-state index < -0.39 is 0 Å². The quantitative estimate of drug-likeness (QED) is 0.880. The van der Waals surface area contributed by atoms with Crippen LogP contribution >= 0.6 is 0 Å². The molecule has 1 amide bonds. The van der Waals surface area contributed by atoms with Gasteiger partial charge < -0.3 is 10.6 Å². The zero-order chi connectivity index (χ0) is 17.9. The second-order valence-electron chi connectivity index (χ2n) is 10.0. The lowest BCUT2D eigenvalue weighted by molar-refractivity contribution is -0.161. The number of rotatable bonds is 2. The average molecular weight is 353 g/mol. The number of amides is 1. The minimum atomic E-state index is -0.105. The molecule has 1 aromatic rings. The fourth-order valence-electron chi connectivity index (χ4n) is 7.29. The van der Waals surface area contributed by atoms with Crippen LogP contribution in [0.2, 0.25) is 0 Å². The molecular formula is C23H32N2O. The van der Waals surface area contributed by atoms with Gasteiger partial charge in [-0.25, -0.2) is 0 Å². The smallest absolute Gasteiger partial charge is 0.228 e. The minimum Gasteiger partial charge on any atom is -0.341 e. The largest absolute Gasteiger partial charge is 0.341 e. The Hall–Kier alpha value is -1.35. The molecule has 140 valence electrons. The number of hydrogen-bond donors (Lipinski definition) is 1. The standard InChI is InChI=1S/C23H32N2O/c1-16-4-6-19(7-5-16)22-10-17-9-18(11-22)13-23(12-17,15-22)21(26)25-8-2-3-20(24)14-25/h4-7,17-18,20H,2-3,8-15,24H2,1H3. The van der Waals surface area contributed by atoms with E-state index in [1.165, 1.54) is 30.4 Å². The van der Waals surface area contributed by atoms with E-state index >= 15 is 0 Å². The van der Waals surface area contributed by atoms with E-state index in [2.05, 4.69) is 36.1 Å². The van der Waals surface area contributed by atoms with Crippen LogP contribution in [-0.2, 0) is 10.2 Å². The lowest BCUT2D eigenvalue weighted by atomic mass is 9.42. The molecule has 26 heavy (non-hydrogen) atoms. The summed E-state index contributed by atoms with van der Waals surface area (Å²) in [5.41, 5.74) is 9.14. The van der Waals surface area contributed by atoms with E-state index in [9.17, 15) is 4.79 Å². The van der Waals surface area contributed by atoms with Crippen molar-refractivity contribution in [3.05, 3.63) is 35.4 Å². The molecule has 4 bridgehead atoms. The molecule has 1 saturated heterocycles. The van der Waals surface area contributed by atoms with Crippen molar-refractivity contribution < 1.29 is 4.79 Å². The van der Waals surface area contributed by atoms with Gasteiger partial charge in [0.1, 0.15) is 0 Å². The van der Waals surface area contributed by atoms with E-state index in [1.807, 2.05) is 0 Å². The SMILES string of the molecule is Cc1ccc(C23CC4CC(CC(C(=O)N5CCCC(N)C5)(C4)C2)C3)cc1. The van der Waals surface area contributed by atoms with E-state index in [-0.39, 0.29) is 16.9 Å². The van der Waals surface area contributed by atoms with Gasteiger partial charge in [-0.3, -0.25) is 4.79 Å². The number of carbonyl (C=O) groups excluding carboxylic acids is 1. The van der Waals surface area contributed by atoms with Gasteiger partial charge in [-0.15, -0.1) is 0 Å². The molecule has 1 heterocycles. The molecule has 3 nitrogen and oxygen atoms in total. The molecule has 2 N–H and O–H groups in total. The predicted molar refractivity (Wildman–Crippen MR) is 104 cm³/mol. The maximum atomic E-state index is 13.7.